The lowest BCUT2D eigenvalue weighted by molar-refractivity contribution is 0.0757. The Balaban J connectivity index is 1.20. The molecule has 184 valence electrons. The molecule has 0 aliphatic carbocycles. The van der Waals surface area contributed by atoms with E-state index in [1.165, 1.54) is 6.42 Å². The number of fused-ring (bicyclic) bond motifs is 2. The molecule has 5 heterocycles. The monoisotopic (exact) mass is 490 g/mol. The van der Waals surface area contributed by atoms with Gasteiger partial charge in [-0.3, -0.25) is 9.78 Å². The minimum atomic E-state index is -0.767. The van der Waals surface area contributed by atoms with E-state index in [4.69, 9.17) is 14.7 Å². The van der Waals surface area contributed by atoms with Crippen LogP contribution in [0.3, 0.4) is 0 Å². The van der Waals surface area contributed by atoms with Crippen LogP contribution in [0.5, 0.6) is 0 Å². The number of hydrogen-bond acceptors (Lipinski definition) is 7. The Kier molecular flexibility index (Phi) is 5.78. The van der Waals surface area contributed by atoms with Crippen molar-refractivity contribution in [2.45, 2.75) is 31.9 Å². The summed E-state index contributed by atoms with van der Waals surface area (Å²) in [5.41, 5.74) is 4.67. The van der Waals surface area contributed by atoms with Crippen LogP contribution in [0, 0.1) is 11.3 Å². The zero-order valence-corrected chi connectivity index (χ0v) is 20.6. The maximum absolute atomic E-state index is 12.9. The molecule has 1 atom stereocenters. The van der Waals surface area contributed by atoms with Crippen molar-refractivity contribution in [3.05, 3.63) is 83.2 Å². The van der Waals surface area contributed by atoms with Gasteiger partial charge in [0.05, 0.1) is 48.4 Å². The lowest BCUT2D eigenvalue weighted by atomic mass is 9.79. The summed E-state index contributed by atoms with van der Waals surface area (Å²) < 4.78 is 5.56. The number of carbonyl (C=O) groups is 1. The van der Waals surface area contributed by atoms with Gasteiger partial charge in [0.2, 0.25) is 0 Å². The summed E-state index contributed by atoms with van der Waals surface area (Å²) in [6.07, 6.45) is 2.97. The summed E-state index contributed by atoms with van der Waals surface area (Å²) in [6.45, 7) is 4.95. The van der Waals surface area contributed by atoms with Crippen LogP contribution in [0.2, 0.25) is 0 Å². The van der Waals surface area contributed by atoms with Crippen molar-refractivity contribution in [1.82, 2.24) is 20.3 Å². The average molecular weight is 491 g/mol. The Bertz CT molecular complexity index is 1560. The number of rotatable bonds is 5. The number of benzene rings is 1. The summed E-state index contributed by atoms with van der Waals surface area (Å²) in [7, 11) is 0. The van der Waals surface area contributed by atoms with Gasteiger partial charge in [0, 0.05) is 30.2 Å². The Labute approximate surface area is 215 Å². The quantitative estimate of drug-likeness (QED) is 0.448. The number of ether oxygens (including phenoxy) is 1. The highest BCUT2D eigenvalue weighted by molar-refractivity contribution is 5.94. The maximum Gasteiger partial charge on any atom is 0.251 e. The first kappa shape index (κ1) is 23.1. The van der Waals surface area contributed by atoms with Gasteiger partial charge >= 0.3 is 0 Å². The number of nitrogens with zero attached hydrogens (tertiary/aromatic N) is 5. The molecule has 0 bridgehead atoms. The number of pyridine rings is 3. The Morgan fingerprint density at radius 2 is 2.00 bits per heavy atom. The van der Waals surface area contributed by atoms with Gasteiger partial charge in [-0.1, -0.05) is 12.1 Å². The van der Waals surface area contributed by atoms with Crippen molar-refractivity contribution >= 4 is 22.6 Å². The lowest BCUT2D eigenvalue weighted by Crippen LogP contribution is -2.37. The molecule has 1 N–H and O–H groups in total. The zero-order valence-electron chi connectivity index (χ0n) is 20.6. The molecule has 2 aliphatic rings. The van der Waals surface area contributed by atoms with Crippen LogP contribution in [0.25, 0.3) is 22.3 Å². The van der Waals surface area contributed by atoms with Gasteiger partial charge in [0.1, 0.15) is 11.2 Å². The van der Waals surface area contributed by atoms with Crippen LogP contribution in [0.1, 0.15) is 40.5 Å². The van der Waals surface area contributed by atoms with E-state index in [1.807, 2.05) is 49.4 Å². The van der Waals surface area contributed by atoms with E-state index in [0.717, 1.165) is 52.3 Å². The third-order valence-corrected chi connectivity index (χ3v) is 7.10. The van der Waals surface area contributed by atoms with Crippen molar-refractivity contribution in [2.24, 2.45) is 0 Å². The molecule has 0 saturated carbocycles. The number of amides is 1. The Morgan fingerprint density at radius 1 is 1.14 bits per heavy atom. The highest BCUT2D eigenvalue weighted by Gasteiger charge is 2.33. The van der Waals surface area contributed by atoms with Gasteiger partial charge in [0.15, 0.2) is 0 Å². The van der Waals surface area contributed by atoms with Crippen molar-refractivity contribution in [2.75, 3.05) is 24.6 Å². The van der Waals surface area contributed by atoms with Crippen molar-refractivity contribution in [3.8, 4) is 17.5 Å². The van der Waals surface area contributed by atoms with Crippen molar-refractivity contribution in [3.63, 3.8) is 0 Å². The number of hydrogen-bond donors (Lipinski definition) is 1. The van der Waals surface area contributed by atoms with Crippen LogP contribution in [0.15, 0.2) is 60.8 Å². The van der Waals surface area contributed by atoms with E-state index < -0.39 is 5.41 Å². The van der Waals surface area contributed by atoms with Crippen LogP contribution in [-0.2, 0) is 23.3 Å². The predicted octanol–water partition coefficient (Wildman–Crippen LogP) is 4.14. The highest BCUT2D eigenvalue weighted by atomic mass is 16.5. The molecular formula is C29H26N6O2. The highest BCUT2D eigenvalue weighted by Crippen LogP contribution is 2.32. The normalized spacial score (nSPS) is 18.5. The molecule has 8 heteroatoms. The maximum atomic E-state index is 12.9. The molecule has 0 radical (unpaired) electrons. The number of aromatic nitrogens is 3. The molecule has 3 aromatic heterocycles. The van der Waals surface area contributed by atoms with Crippen molar-refractivity contribution < 1.29 is 9.53 Å². The fourth-order valence-corrected chi connectivity index (χ4v) is 4.75. The van der Waals surface area contributed by atoms with E-state index in [-0.39, 0.29) is 12.5 Å². The molecule has 6 rings (SSSR count). The average Bonchev–Trinajstić information content (AvgIpc) is 2.90. The first-order valence-corrected chi connectivity index (χ1v) is 12.4. The summed E-state index contributed by atoms with van der Waals surface area (Å²) in [6, 6.07) is 19.6. The molecule has 0 unspecified atom stereocenters. The van der Waals surface area contributed by atoms with Gasteiger partial charge in [-0.25, -0.2) is 9.97 Å². The van der Waals surface area contributed by atoms with Gasteiger partial charge in [-0.05, 0) is 66.9 Å². The topological polar surface area (TPSA) is 104 Å². The Hall–Kier alpha value is -4.35. The van der Waals surface area contributed by atoms with Crippen LogP contribution < -0.4 is 10.2 Å². The zero-order chi connectivity index (χ0) is 25.4. The van der Waals surface area contributed by atoms with Gasteiger partial charge in [0.25, 0.3) is 5.91 Å². The molecule has 4 aromatic rings. The lowest BCUT2D eigenvalue weighted by Gasteiger charge is -2.32. The largest absolute Gasteiger partial charge is 0.375 e. The summed E-state index contributed by atoms with van der Waals surface area (Å²) >= 11 is 0. The fourth-order valence-electron chi connectivity index (χ4n) is 4.75. The molecule has 1 aromatic carbocycles. The number of nitriles is 1. The van der Waals surface area contributed by atoms with Gasteiger partial charge in [-0.2, -0.15) is 5.26 Å². The minimum absolute atomic E-state index is 0.217. The van der Waals surface area contributed by atoms with Crippen molar-refractivity contribution in [1.29, 1.82) is 5.26 Å². The second-order valence-electron chi connectivity index (χ2n) is 9.78. The summed E-state index contributed by atoms with van der Waals surface area (Å²) in [5, 5.41) is 13.5. The molecule has 1 fully saturated rings. The third kappa shape index (κ3) is 4.39. The van der Waals surface area contributed by atoms with Crippen LogP contribution in [0.4, 0.5) is 5.82 Å². The first-order valence-electron chi connectivity index (χ1n) is 12.4. The molecule has 2 aliphatic heterocycles. The second-order valence-corrected chi connectivity index (χ2v) is 9.78. The first-order chi connectivity index (χ1) is 18.0. The number of carbonyl (C=O) groups excluding carboxylic acids is 1. The van der Waals surface area contributed by atoms with E-state index in [1.54, 1.807) is 18.3 Å². The smallest absolute Gasteiger partial charge is 0.251 e. The number of anilines is 1. The summed E-state index contributed by atoms with van der Waals surface area (Å²) in [4.78, 5) is 29.3. The van der Waals surface area contributed by atoms with Gasteiger partial charge < -0.3 is 15.0 Å². The van der Waals surface area contributed by atoms with Crippen LogP contribution in [-0.4, -0.2) is 40.6 Å². The summed E-state index contributed by atoms with van der Waals surface area (Å²) in [5.74, 6) is 0.763. The van der Waals surface area contributed by atoms with E-state index in [9.17, 15) is 10.1 Å². The molecule has 8 nitrogen and oxygen atoms in total. The minimum Gasteiger partial charge on any atom is -0.375 e. The SMILES string of the molecule is C[C@@]1(C#N)COCc2ccc(C(=O)NCc3cc4nc(-c5cccc(N6CCC6)n5)ccc4cn3)cc21. The third-order valence-electron chi connectivity index (χ3n) is 7.10. The Morgan fingerprint density at radius 3 is 2.81 bits per heavy atom. The van der Waals surface area contributed by atoms with E-state index in [0.29, 0.717) is 24.5 Å². The van der Waals surface area contributed by atoms with E-state index >= 15 is 0 Å². The van der Waals surface area contributed by atoms with E-state index in [2.05, 4.69) is 21.3 Å². The molecule has 0 spiro atoms. The van der Waals surface area contributed by atoms with Crippen LogP contribution >= 0.6 is 0 Å². The molecular weight excluding hydrogens is 464 g/mol. The standard InChI is InChI=1S/C29H26N6O2/c1-29(17-30)18-37-16-21-7-6-19(12-23(21)29)28(36)32-15-22-13-26-20(14-31-22)8-9-25(33-26)24-4-2-5-27(34-24)35-10-3-11-35/h2,4-9,12-14H,3,10-11,15-16,18H2,1H3,(H,32,36)/t29-/m1/s1. The molecule has 37 heavy (non-hydrogen) atoms. The number of nitrogens with one attached hydrogen (secondary N) is 1. The second kappa shape index (κ2) is 9.26. The molecule has 1 saturated heterocycles. The fraction of sp³-hybridized carbons (Fsp3) is 0.276. The molecule has 1 amide bonds. The van der Waals surface area contributed by atoms with Gasteiger partial charge in [-0.15, -0.1) is 0 Å². The predicted molar refractivity (Wildman–Crippen MR) is 140 cm³/mol.